The normalized spacial score (nSPS) is 31.0. The Morgan fingerprint density at radius 1 is 1.45 bits per heavy atom. The van der Waals surface area contributed by atoms with E-state index in [2.05, 4.69) is 25.9 Å². The second-order valence-electron chi connectivity index (χ2n) is 5.97. The SMILES string of the molecule is NC12CC(c3nc4c(F)c(Br)c(Cl)cc4c(=O)[nH]3)(C1)C2. The third kappa shape index (κ3) is 1.44. The maximum atomic E-state index is 14.2. The highest BCUT2D eigenvalue weighted by molar-refractivity contribution is 9.10. The van der Waals surface area contributed by atoms with Gasteiger partial charge in [-0.05, 0) is 41.3 Å². The minimum atomic E-state index is -0.603. The number of halogens is 3. The molecule has 0 unspecified atom stereocenters. The van der Waals surface area contributed by atoms with Crippen molar-refractivity contribution in [1.82, 2.24) is 9.97 Å². The topological polar surface area (TPSA) is 71.8 Å². The summed E-state index contributed by atoms with van der Waals surface area (Å²) in [6.45, 7) is 0. The van der Waals surface area contributed by atoms with Gasteiger partial charge in [0.05, 0.1) is 14.9 Å². The van der Waals surface area contributed by atoms with Crippen molar-refractivity contribution in [2.75, 3.05) is 0 Å². The van der Waals surface area contributed by atoms with Crippen LogP contribution >= 0.6 is 27.5 Å². The van der Waals surface area contributed by atoms with Gasteiger partial charge in [0.2, 0.25) is 0 Å². The average molecular weight is 359 g/mol. The van der Waals surface area contributed by atoms with Crippen molar-refractivity contribution in [3.63, 3.8) is 0 Å². The van der Waals surface area contributed by atoms with Gasteiger partial charge in [-0.1, -0.05) is 11.6 Å². The van der Waals surface area contributed by atoms with Gasteiger partial charge in [-0.2, -0.15) is 0 Å². The lowest BCUT2D eigenvalue weighted by molar-refractivity contribution is -0.0652. The molecule has 0 radical (unpaired) electrons. The molecule has 104 valence electrons. The first-order chi connectivity index (χ1) is 9.34. The lowest BCUT2D eigenvalue weighted by atomic mass is 9.39. The van der Waals surface area contributed by atoms with E-state index in [0.717, 1.165) is 19.3 Å². The molecule has 3 N–H and O–H groups in total. The van der Waals surface area contributed by atoms with Crippen LogP contribution < -0.4 is 11.3 Å². The molecule has 5 rings (SSSR count). The van der Waals surface area contributed by atoms with Crippen molar-refractivity contribution in [2.45, 2.75) is 30.2 Å². The first-order valence-electron chi connectivity index (χ1n) is 6.21. The first kappa shape index (κ1) is 12.7. The molecule has 0 aliphatic heterocycles. The highest BCUT2D eigenvalue weighted by Gasteiger charge is 2.68. The summed E-state index contributed by atoms with van der Waals surface area (Å²) in [4.78, 5) is 19.2. The van der Waals surface area contributed by atoms with Gasteiger partial charge in [0.15, 0.2) is 5.82 Å². The van der Waals surface area contributed by atoms with Gasteiger partial charge < -0.3 is 10.7 Å². The number of H-pyrrole nitrogens is 1. The summed E-state index contributed by atoms with van der Waals surface area (Å²) in [6, 6.07) is 1.42. The summed E-state index contributed by atoms with van der Waals surface area (Å²) in [5.74, 6) is -0.0654. The molecule has 0 atom stereocenters. The second-order valence-corrected chi connectivity index (χ2v) is 7.17. The van der Waals surface area contributed by atoms with E-state index in [-0.39, 0.29) is 36.9 Å². The van der Waals surface area contributed by atoms with E-state index < -0.39 is 5.82 Å². The summed E-state index contributed by atoms with van der Waals surface area (Å²) in [7, 11) is 0. The van der Waals surface area contributed by atoms with Crippen molar-refractivity contribution in [1.29, 1.82) is 0 Å². The maximum Gasteiger partial charge on any atom is 0.258 e. The molecule has 1 aromatic heterocycles. The molecule has 3 saturated carbocycles. The van der Waals surface area contributed by atoms with E-state index in [1.165, 1.54) is 6.07 Å². The van der Waals surface area contributed by atoms with Gasteiger partial charge in [-0.15, -0.1) is 0 Å². The maximum absolute atomic E-state index is 14.2. The van der Waals surface area contributed by atoms with Crippen LogP contribution in [0.15, 0.2) is 15.3 Å². The van der Waals surface area contributed by atoms with Crippen molar-refractivity contribution in [3.8, 4) is 0 Å². The molecule has 20 heavy (non-hydrogen) atoms. The van der Waals surface area contributed by atoms with Crippen LogP contribution in [0.1, 0.15) is 25.1 Å². The number of benzene rings is 1. The Hall–Kier alpha value is -0.980. The molecule has 3 aliphatic rings. The molecule has 1 heterocycles. The molecule has 2 aromatic rings. The number of hydrogen-bond acceptors (Lipinski definition) is 3. The molecule has 0 spiro atoms. The molecule has 2 bridgehead atoms. The zero-order valence-corrected chi connectivity index (χ0v) is 12.6. The Bertz CT molecular complexity index is 815. The van der Waals surface area contributed by atoms with Crippen LogP contribution in [0.2, 0.25) is 5.02 Å². The number of fused-ring (bicyclic) bond motifs is 1. The number of aromatic nitrogens is 2. The van der Waals surface area contributed by atoms with Crippen molar-refractivity contribution in [2.24, 2.45) is 5.73 Å². The third-order valence-electron chi connectivity index (χ3n) is 4.41. The zero-order chi connectivity index (χ0) is 14.3. The lowest BCUT2D eigenvalue weighted by Crippen LogP contribution is -2.75. The highest BCUT2D eigenvalue weighted by Crippen LogP contribution is 2.65. The Balaban J connectivity index is 1.97. The number of rotatable bonds is 1. The fourth-order valence-corrected chi connectivity index (χ4v) is 4.05. The molecule has 3 aliphatic carbocycles. The number of nitrogens with one attached hydrogen (secondary N) is 1. The van der Waals surface area contributed by atoms with E-state index in [0.29, 0.717) is 5.82 Å². The summed E-state index contributed by atoms with van der Waals surface area (Å²) in [5.41, 5.74) is 5.43. The molecular weight excluding hydrogens is 349 g/mol. The van der Waals surface area contributed by atoms with E-state index >= 15 is 0 Å². The van der Waals surface area contributed by atoms with E-state index in [1.807, 2.05) is 0 Å². The minimum Gasteiger partial charge on any atom is -0.325 e. The standard InChI is InChI=1S/C13H10BrClFN3O/c14-7-6(15)1-5-9(8(7)16)18-11(19-10(5)20)12-2-13(17,3-12)4-12/h1H,2-4,17H2,(H,18,19,20). The number of nitrogens with zero attached hydrogens (tertiary/aromatic N) is 1. The molecular formula is C13H10BrClFN3O. The molecule has 1 aromatic carbocycles. The fourth-order valence-electron chi connectivity index (χ4n) is 3.55. The zero-order valence-electron chi connectivity index (χ0n) is 10.3. The van der Waals surface area contributed by atoms with Crippen molar-refractivity contribution >= 4 is 38.4 Å². The minimum absolute atomic E-state index is 0.0517. The van der Waals surface area contributed by atoms with Crippen LogP contribution in [0.4, 0.5) is 4.39 Å². The van der Waals surface area contributed by atoms with Crippen LogP contribution in [-0.4, -0.2) is 15.5 Å². The molecule has 3 fully saturated rings. The number of aromatic amines is 1. The van der Waals surface area contributed by atoms with Crippen LogP contribution in [0.3, 0.4) is 0 Å². The monoisotopic (exact) mass is 357 g/mol. The molecule has 0 saturated heterocycles. The quantitative estimate of drug-likeness (QED) is 0.770. The lowest BCUT2D eigenvalue weighted by Gasteiger charge is -2.68. The van der Waals surface area contributed by atoms with Gasteiger partial charge in [0.25, 0.3) is 5.56 Å². The van der Waals surface area contributed by atoms with Gasteiger partial charge in [0.1, 0.15) is 11.3 Å². The predicted octanol–water partition coefficient (Wildman–Crippen LogP) is 2.61. The van der Waals surface area contributed by atoms with Crippen LogP contribution in [0.5, 0.6) is 0 Å². The molecule has 7 heteroatoms. The van der Waals surface area contributed by atoms with E-state index in [9.17, 15) is 9.18 Å². The Labute approximate surface area is 126 Å². The van der Waals surface area contributed by atoms with E-state index in [1.54, 1.807) is 0 Å². The summed E-state index contributed by atoms with van der Waals surface area (Å²) >= 11 is 8.95. The smallest absolute Gasteiger partial charge is 0.258 e. The molecule has 0 amide bonds. The van der Waals surface area contributed by atoms with Crippen molar-refractivity contribution < 1.29 is 4.39 Å². The first-order valence-corrected chi connectivity index (χ1v) is 7.38. The number of hydrogen-bond donors (Lipinski definition) is 2. The highest BCUT2D eigenvalue weighted by atomic mass is 79.9. The van der Waals surface area contributed by atoms with Crippen molar-refractivity contribution in [3.05, 3.63) is 37.6 Å². The summed E-state index contributed by atoms with van der Waals surface area (Å²) in [5, 5.41) is 0.315. The van der Waals surface area contributed by atoms with Gasteiger partial charge in [0, 0.05) is 11.0 Å². The van der Waals surface area contributed by atoms with Crippen LogP contribution in [0.25, 0.3) is 10.9 Å². The van der Waals surface area contributed by atoms with Gasteiger partial charge in [-0.25, -0.2) is 9.37 Å². The Morgan fingerprint density at radius 2 is 2.10 bits per heavy atom. The molecule has 4 nitrogen and oxygen atoms in total. The third-order valence-corrected chi connectivity index (χ3v) is 5.71. The Kier molecular flexibility index (Phi) is 2.30. The fraction of sp³-hybridized carbons (Fsp3) is 0.385. The Morgan fingerprint density at radius 3 is 2.70 bits per heavy atom. The summed E-state index contributed by atoms with van der Waals surface area (Å²) < 4.78 is 14.4. The van der Waals surface area contributed by atoms with Crippen LogP contribution in [0, 0.1) is 5.82 Å². The summed E-state index contributed by atoms with van der Waals surface area (Å²) in [6.07, 6.45) is 2.39. The second kappa shape index (κ2) is 3.61. The average Bonchev–Trinajstić information content (AvgIpc) is 2.32. The number of nitrogens with two attached hydrogens (primary N) is 1. The van der Waals surface area contributed by atoms with Gasteiger partial charge in [-0.3, -0.25) is 4.79 Å². The van der Waals surface area contributed by atoms with Gasteiger partial charge >= 0.3 is 0 Å². The largest absolute Gasteiger partial charge is 0.325 e. The van der Waals surface area contributed by atoms with Crippen LogP contribution in [-0.2, 0) is 5.41 Å². The predicted molar refractivity (Wildman–Crippen MR) is 77.5 cm³/mol. The van der Waals surface area contributed by atoms with E-state index in [4.69, 9.17) is 17.3 Å².